The fourth-order valence-electron chi connectivity index (χ4n) is 3.37. The average Bonchev–Trinajstić information content (AvgIpc) is 3.47. The Labute approximate surface area is 173 Å². The molecule has 0 spiro atoms. The molecular weight excluding hydrogens is 366 g/mol. The number of nitrogens with zero attached hydrogens (tertiary/aromatic N) is 2. The van der Waals surface area contributed by atoms with Gasteiger partial charge in [-0.1, -0.05) is 44.2 Å². The summed E-state index contributed by atoms with van der Waals surface area (Å²) in [6, 6.07) is 1.82. The first-order chi connectivity index (χ1) is 14.3. The van der Waals surface area contributed by atoms with Crippen LogP contribution in [-0.2, 0) is 9.47 Å². The van der Waals surface area contributed by atoms with Gasteiger partial charge >= 0.3 is 0 Å². The van der Waals surface area contributed by atoms with Crippen molar-refractivity contribution in [2.24, 2.45) is 11.3 Å². The monoisotopic (exact) mass is 397 g/mol. The third kappa shape index (κ3) is 5.65. The number of fused-ring (bicyclic) bond motifs is 2. The highest BCUT2D eigenvalue weighted by molar-refractivity contribution is 5.51. The van der Waals surface area contributed by atoms with Crippen molar-refractivity contribution in [2.75, 3.05) is 31.7 Å². The van der Waals surface area contributed by atoms with Gasteiger partial charge in [0.1, 0.15) is 12.4 Å². The zero-order valence-electron chi connectivity index (χ0n) is 17.0. The standard InChI is InChI=1S/C21H23N3O3.C2H6.H2/c25-17-6-3-5-16-8-10-22-20(23-16)24-19-7-4-9-21(13-18(19)21)15-27-12-2-1-11-26-14-17;1-2;/h1-10,18,25H,11-15H2,(H,22,23,24);1-2H3;1H/b2-1+,5-3+,17-6-;;. The molecule has 2 heterocycles. The van der Waals surface area contributed by atoms with Gasteiger partial charge < -0.3 is 19.9 Å². The van der Waals surface area contributed by atoms with E-state index in [1.54, 1.807) is 18.3 Å². The molecule has 2 N–H and O–H groups in total. The molecule has 2 atom stereocenters. The van der Waals surface area contributed by atoms with Gasteiger partial charge in [0, 0.05) is 24.7 Å². The second-order valence-electron chi connectivity index (χ2n) is 6.92. The Bertz CT molecular complexity index is 848. The van der Waals surface area contributed by atoms with E-state index in [4.69, 9.17) is 9.47 Å². The minimum Gasteiger partial charge on any atom is -0.510 e. The van der Waals surface area contributed by atoms with Crippen LogP contribution in [0.3, 0.4) is 0 Å². The third-order valence-electron chi connectivity index (χ3n) is 4.90. The Morgan fingerprint density at radius 3 is 2.86 bits per heavy atom. The molecule has 0 radical (unpaired) electrons. The SMILES string of the molecule is CC.O/C1=C\C=C\c2ccnc(n2)NC2=CC=CC3(COC/C=C/COC1)CC23.[HH]. The number of aliphatic hydroxyl groups excluding tert-OH is 1. The van der Waals surface area contributed by atoms with Crippen LogP contribution in [0.2, 0.25) is 0 Å². The van der Waals surface area contributed by atoms with Crippen LogP contribution in [0.1, 0.15) is 27.4 Å². The first kappa shape index (κ1) is 21.0. The molecule has 1 aliphatic heterocycles. The van der Waals surface area contributed by atoms with E-state index in [0.29, 0.717) is 31.7 Å². The van der Waals surface area contributed by atoms with Gasteiger partial charge in [0.05, 0.1) is 25.5 Å². The predicted molar refractivity (Wildman–Crippen MR) is 117 cm³/mol. The number of hydrogen-bond donors (Lipinski definition) is 2. The fourth-order valence-corrected chi connectivity index (χ4v) is 3.37. The van der Waals surface area contributed by atoms with Crippen LogP contribution in [0.15, 0.2) is 66.3 Å². The zero-order chi connectivity index (χ0) is 20.5. The van der Waals surface area contributed by atoms with Crippen molar-refractivity contribution in [1.82, 2.24) is 9.97 Å². The summed E-state index contributed by atoms with van der Waals surface area (Å²) in [7, 11) is 0. The van der Waals surface area contributed by atoms with Crippen LogP contribution in [-0.4, -0.2) is 41.5 Å². The lowest BCUT2D eigenvalue weighted by Gasteiger charge is -2.18. The number of anilines is 1. The number of hydrogen-bond acceptors (Lipinski definition) is 6. The Kier molecular flexibility index (Phi) is 7.38. The lowest BCUT2D eigenvalue weighted by atomic mass is 9.98. The molecule has 2 unspecified atom stereocenters. The maximum atomic E-state index is 9.83. The van der Waals surface area contributed by atoms with E-state index in [9.17, 15) is 5.11 Å². The molecule has 6 heteroatoms. The fraction of sp³-hybridized carbons (Fsp3) is 0.391. The number of allylic oxidation sites excluding steroid dienone is 5. The number of aliphatic hydroxyl groups is 1. The molecule has 0 aromatic carbocycles. The largest absolute Gasteiger partial charge is 0.510 e. The van der Waals surface area contributed by atoms with E-state index in [1.807, 2.05) is 38.1 Å². The molecule has 4 bridgehead atoms. The molecule has 1 aromatic heterocycles. The summed E-state index contributed by atoms with van der Waals surface area (Å²) in [6.45, 7) is 5.83. The van der Waals surface area contributed by atoms with Gasteiger partial charge in [-0.2, -0.15) is 0 Å². The molecule has 0 amide bonds. The minimum atomic E-state index is 0. The van der Waals surface area contributed by atoms with Crippen molar-refractivity contribution >= 4 is 12.0 Å². The smallest absolute Gasteiger partial charge is 0.227 e. The van der Waals surface area contributed by atoms with Gasteiger partial charge in [-0.15, -0.1) is 0 Å². The maximum Gasteiger partial charge on any atom is 0.227 e. The third-order valence-corrected chi connectivity index (χ3v) is 4.90. The second-order valence-corrected chi connectivity index (χ2v) is 6.92. The van der Waals surface area contributed by atoms with E-state index >= 15 is 0 Å². The highest BCUT2D eigenvalue weighted by Gasteiger charge is 2.55. The molecule has 0 saturated heterocycles. The quantitative estimate of drug-likeness (QED) is 0.619. The first-order valence-corrected chi connectivity index (χ1v) is 10.1. The molecule has 6 nitrogen and oxygen atoms in total. The molecule has 29 heavy (non-hydrogen) atoms. The molecule has 3 aliphatic rings. The average molecular weight is 398 g/mol. The van der Waals surface area contributed by atoms with E-state index in [1.165, 1.54) is 0 Å². The van der Waals surface area contributed by atoms with Crippen molar-refractivity contribution in [3.8, 4) is 0 Å². The summed E-state index contributed by atoms with van der Waals surface area (Å²) >= 11 is 0. The lowest BCUT2D eigenvalue weighted by Crippen LogP contribution is -2.17. The van der Waals surface area contributed by atoms with Crippen LogP contribution in [0.4, 0.5) is 5.95 Å². The van der Waals surface area contributed by atoms with Gasteiger partial charge in [0.2, 0.25) is 5.95 Å². The minimum absolute atomic E-state index is 0. The Morgan fingerprint density at radius 1 is 1.17 bits per heavy atom. The number of ether oxygens (including phenoxy) is 2. The molecule has 156 valence electrons. The van der Waals surface area contributed by atoms with Crippen LogP contribution in [0.25, 0.3) is 6.08 Å². The predicted octanol–water partition coefficient (Wildman–Crippen LogP) is 4.68. The first-order valence-electron chi connectivity index (χ1n) is 10.1. The molecule has 1 aromatic rings. The second kappa shape index (κ2) is 10.2. The summed E-state index contributed by atoms with van der Waals surface area (Å²) in [5, 5.41) is 13.2. The highest BCUT2D eigenvalue weighted by atomic mass is 16.5. The Hall–Kier alpha value is -2.70. The van der Waals surface area contributed by atoms with Gasteiger partial charge in [0.25, 0.3) is 0 Å². The summed E-state index contributed by atoms with van der Waals surface area (Å²) in [5.74, 6) is 1.14. The van der Waals surface area contributed by atoms with E-state index in [-0.39, 0.29) is 19.2 Å². The van der Waals surface area contributed by atoms with Gasteiger partial charge in [-0.05, 0) is 30.7 Å². The Morgan fingerprint density at radius 2 is 2.00 bits per heavy atom. The summed E-state index contributed by atoms with van der Waals surface area (Å²) < 4.78 is 11.2. The topological polar surface area (TPSA) is 76.5 Å². The van der Waals surface area contributed by atoms with Crippen molar-refractivity contribution in [1.29, 1.82) is 0 Å². The molecule has 4 rings (SSSR count). The summed E-state index contributed by atoms with van der Waals surface area (Å²) in [6.07, 6.45) is 18.2. The molecule has 1 saturated carbocycles. The number of nitrogens with one attached hydrogen (secondary N) is 1. The van der Waals surface area contributed by atoms with Crippen molar-refractivity contribution in [3.63, 3.8) is 0 Å². The maximum absolute atomic E-state index is 9.83. The van der Waals surface area contributed by atoms with Crippen molar-refractivity contribution in [3.05, 3.63) is 71.9 Å². The van der Waals surface area contributed by atoms with Crippen LogP contribution < -0.4 is 5.32 Å². The summed E-state index contributed by atoms with van der Waals surface area (Å²) in [4.78, 5) is 8.84. The number of aromatic nitrogens is 2. The van der Waals surface area contributed by atoms with Crippen molar-refractivity contribution in [2.45, 2.75) is 20.3 Å². The van der Waals surface area contributed by atoms with Gasteiger partial charge in [0.15, 0.2) is 0 Å². The zero-order valence-corrected chi connectivity index (χ0v) is 17.0. The summed E-state index contributed by atoms with van der Waals surface area (Å²) in [5.41, 5.74) is 1.97. The van der Waals surface area contributed by atoms with E-state index in [0.717, 1.165) is 17.8 Å². The highest BCUT2D eigenvalue weighted by Crippen LogP contribution is 2.59. The molecule has 1 fully saturated rings. The van der Waals surface area contributed by atoms with Crippen molar-refractivity contribution < 1.29 is 16.0 Å². The van der Waals surface area contributed by atoms with Crippen LogP contribution in [0.5, 0.6) is 0 Å². The van der Waals surface area contributed by atoms with E-state index < -0.39 is 0 Å². The van der Waals surface area contributed by atoms with Gasteiger partial charge in [-0.25, -0.2) is 9.97 Å². The van der Waals surface area contributed by atoms with E-state index in [2.05, 4.69) is 33.5 Å². The van der Waals surface area contributed by atoms with Gasteiger partial charge in [-0.3, -0.25) is 0 Å². The Balaban J connectivity index is 0.00000104. The molecule has 2 aliphatic carbocycles. The number of rotatable bonds is 0. The normalized spacial score (nSPS) is 30.2. The van der Waals surface area contributed by atoms with Crippen LogP contribution >= 0.6 is 0 Å². The lowest BCUT2D eigenvalue weighted by molar-refractivity contribution is 0.124. The molecular formula is C23H31N3O3. The van der Waals surface area contributed by atoms with Crippen LogP contribution in [0, 0.1) is 11.3 Å².